The first kappa shape index (κ1) is 15.5. The molecule has 1 N–H and O–H groups in total. The van der Waals surface area contributed by atoms with Crippen molar-refractivity contribution in [1.82, 2.24) is 5.32 Å². The molecule has 0 radical (unpaired) electrons. The molecule has 1 aromatic rings. The zero-order chi connectivity index (χ0) is 14.6. The van der Waals surface area contributed by atoms with Gasteiger partial charge in [-0.2, -0.15) is 0 Å². The maximum Gasteiger partial charge on any atom is 0.151 e. The van der Waals surface area contributed by atoms with Crippen molar-refractivity contribution in [2.45, 2.75) is 51.6 Å². The number of hydrogen-bond acceptors (Lipinski definition) is 3. The number of rotatable bonds is 5. The van der Waals surface area contributed by atoms with Crippen LogP contribution < -0.4 is 5.32 Å². The smallest absolute Gasteiger partial charge is 0.151 e. The van der Waals surface area contributed by atoms with Gasteiger partial charge in [0, 0.05) is 12.1 Å². The van der Waals surface area contributed by atoms with E-state index in [2.05, 4.69) is 43.4 Å². The summed E-state index contributed by atoms with van der Waals surface area (Å²) < 4.78 is 23.2. The molecule has 1 saturated heterocycles. The third-order valence-corrected chi connectivity index (χ3v) is 5.75. The van der Waals surface area contributed by atoms with Crippen molar-refractivity contribution in [3.8, 4) is 0 Å². The summed E-state index contributed by atoms with van der Waals surface area (Å²) in [4.78, 5) is 0. The molecule has 2 rings (SSSR count). The average molecular weight is 295 g/mol. The molecule has 0 spiro atoms. The van der Waals surface area contributed by atoms with Crippen LogP contribution in [0.5, 0.6) is 0 Å². The highest BCUT2D eigenvalue weighted by atomic mass is 32.2. The topological polar surface area (TPSA) is 46.2 Å². The van der Waals surface area contributed by atoms with Crippen LogP contribution in [0.15, 0.2) is 24.3 Å². The lowest BCUT2D eigenvalue weighted by molar-refractivity contribution is 0.415. The molecule has 0 aromatic heterocycles. The van der Waals surface area contributed by atoms with Gasteiger partial charge in [-0.1, -0.05) is 29.8 Å². The van der Waals surface area contributed by atoms with Crippen molar-refractivity contribution in [2.24, 2.45) is 0 Å². The van der Waals surface area contributed by atoms with Gasteiger partial charge in [0.25, 0.3) is 0 Å². The predicted molar refractivity (Wildman–Crippen MR) is 83.8 cm³/mol. The Morgan fingerprint density at radius 3 is 2.90 bits per heavy atom. The summed E-state index contributed by atoms with van der Waals surface area (Å²) in [6.07, 6.45) is 3.86. The lowest BCUT2D eigenvalue weighted by atomic mass is 10.0. The maximum absolute atomic E-state index is 11.6. The highest BCUT2D eigenvalue weighted by Crippen LogP contribution is 2.14. The number of benzene rings is 1. The number of nitrogens with one attached hydrogen (secondary N) is 1. The molecular weight excluding hydrogens is 270 g/mol. The van der Waals surface area contributed by atoms with E-state index in [-0.39, 0.29) is 6.04 Å². The van der Waals surface area contributed by atoms with Gasteiger partial charge in [0.1, 0.15) is 0 Å². The Labute approximate surface area is 122 Å². The lowest BCUT2D eigenvalue weighted by Gasteiger charge is -2.26. The van der Waals surface area contributed by atoms with Crippen LogP contribution >= 0.6 is 0 Å². The van der Waals surface area contributed by atoms with E-state index in [1.54, 1.807) is 0 Å². The molecule has 0 bridgehead atoms. The highest BCUT2D eigenvalue weighted by molar-refractivity contribution is 7.91. The van der Waals surface area contributed by atoms with Crippen LogP contribution in [-0.2, 0) is 16.3 Å². The third kappa shape index (κ3) is 4.91. The Balaban J connectivity index is 1.79. The fourth-order valence-electron chi connectivity index (χ4n) is 2.89. The minimum atomic E-state index is -2.81. The van der Waals surface area contributed by atoms with E-state index in [9.17, 15) is 8.42 Å². The molecule has 1 aliphatic rings. The van der Waals surface area contributed by atoms with Crippen LogP contribution in [0, 0.1) is 6.92 Å². The molecule has 1 aliphatic heterocycles. The van der Waals surface area contributed by atoms with Crippen LogP contribution in [0.4, 0.5) is 0 Å². The molecule has 1 aromatic carbocycles. The minimum Gasteiger partial charge on any atom is -0.310 e. The van der Waals surface area contributed by atoms with Gasteiger partial charge in [-0.15, -0.1) is 0 Å². The summed E-state index contributed by atoms with van der Waals surface area (Å²) >= 11 is 0. The summed E-state index contributed by atoms with van der Waals surface area (Å²) in [5.74, 6) is 0.671. The van der Waals surface area contributed by atoms with Crippen LogP contribution in [0.3, 0.4) is 0 Å². The molecule has 3 nitrogen and oxygen atoms in total. The molecule has 112 valence electrons. The minimum absolute atomic E-state index is 0.140. The molecule has 4 heteroatoms. The average Bonchev–Trinajstić information content (AvgIpc) is 2.35. The van der Waals surface area contributed by atoms with Crippen molar-refractivity contribution in [2.75, 3.05) is 11.5 Å². The van der Waals surface area contributed by atoms with Gasteiger partial charge in [-0.3, -0.25) is 0 Å². The second-order valence-corrected chi connectivity index (χ2v) is 8.28. The molecule has 0 amide bonds. The summed E-state index contributed by atoms with van der Waals surface area (Å²) in [7, 11) is -2.81. The van der Waals surface area contributed by atoms with Crippen molar-refractivity contribution >= 4 is 9.84 Å². The summed E-state index contributed by atoms with van der Waals surface area (Å²) in [5.41, 5.74) is 2.65. The first-order valence-corrected chi connectivity index (χ1v) is 9.29. The summed E-state index contributed by atoms with van der Waals surface area (Å²) in [5, 5.41) is 3.48. The normalized spacial score (nSPS) is 23.4. The molecule has 0 saturated carbocycles. The zero-order valence-electron chi connectivity index (χ0n) is 12.4. The lowest BCUT2D eigenvalue weighted by Crippen LogP contribution is -2.44. The van der Waals surface area contributed by atoms with Crippen molar-refractivity contribution in [3.63, 3.8) is 0 Å². The standard InChI is InChI=1S/C16H25NO2S/c1-13-5-3-6-15(11-13)9-8-14(2)17-16-7-4-10-20(18,19)12-16/h3,5-6,11,14,16-17H,4,7-10,12H2,1-2H3. The van der Waals surface area contributed by atoms with Crippen LogP contribution in [-0.4, -0.2) is 32.0 Å². The van der Waals surface area contributed by atoms with Gasteiger partial charge in [0.15, 0.2) is 9.84 Å². The van der Waals surface area contributed by atoms with Gasteiger partial charge in [0.2, 0.25) is 0 Å². The first-order valence-electron chi connectivity index (χ1n) is 7.47. The van der Waals surface area contributed by atoms with Gasteiger partial charge in [-0.05, 0) is 45.1 Å². The Bertz CT molecular complexity index is 539. The van der Waals surface area contributed by atoms with Crippen LogP contribution in [0.1, 0.15) is 37.3 Å². The van der Waals surface area contributed by atoms with Crippen molar-refractivity contribution in [1.29, 1.82) is 0 Å². The van der Waals surface area contributed by atoms with E-state index in [1.165, 1.54) is 11.1 Å². The van der Waals surface area contributed by atoms with Crippen molar-refractivity contribution in [3.05, 3.63) is 35.4 Å². The van der Waals surface area contributed by atoms with E-state index in [0.717, 1.165) is 25.7 Å². The van der Waals surface area contributed by atoms with Gasteiger partial charge in [-0.25, -0.2) is 8.42 Å². The van der Waals surface area contributed by atoms with E-state index < -0.39 is 9.84 Å². The Morgan fingerprint density at radius 2 is 2.20 bits per heavy atom. The molecule has 1 heterocycles. The highest BCUT2D eigenvalue weighted by Gasteiger charge is 2.25. The van der Waals surface area contributed by atoms with Gasteiger partial charge < -0.3 is 5.32 Å². The SMILES string of the molecule is Cc1cccc(CCC(C)NC2CCCS(=O)(=O)C2)c1. The van der Waals surface area contributed by atoms with E-state index in [1.807, 2.05) is 0 Å². The van der Waals surface area contributed by atoms with E-state index in [0.29, 0.717) is 17.5 Å². The van der Waals surface area contributed by atoms with Crippen LogP contribution in [0.2, 0.25) is 0 Å². The summed E-state index contributed by atoms with van der Waals surface area (Å²) in [6.45, 7) is 4.26. The predicted octanol–water partition coefficient (Wildman–Crippen LogP) is 2.48. The fraction of sp³-hybridized carbons (Fsp3) is 0.625. The first-order chi connectivity index (χ1) is 9.44. The molecule has 1 fully saturated rings. The molecule has 20 heavy (non-hydrogen) atoms. The van der Waals surface area contributed by atoms with E-state index in [4.69, 9.17) is 0 Å². The molecule has 2 atom stereocenters. The third-order valence-electron chi connectivity index (χ3n) is 3.93. The number of hydrogen-bond donors (Lipinski definition) is 1. The Morgan fingerprint density at radius 1 is 1.40 bits per heavy atom. The Hall–Kier alpha value is -0.870. The molecule has 2 unspecified atom stereocenters. The fourth-order valence-corrected chi connectivity index (χ4v) is 4.54. The quantitative estimate of drug-likeness (QED) is 0.908. The monoisotopic (exact) mass is 295 g/mol. The van der Waals surface area contributed by atoms with Crippen LogP contribution in [0.25, 0.3) is 0 Å². The van der Waals surface area contributed by atoms with E-state index >= 15 is 0 Å². The summed E-state index contributed by atoms with van der Waals surface area (Å²) in [6, 6.07) is 9.08. The number of aryl methyl sites for hydroxylation is 2. The maximum atomic E-state index is 11.6. The second kappa shape index (κ2) is 6.72. The zero-order valence-corrected chi connectivity index (χ0v) is 13.2. The van der Waals surface area contributed by atoms with Gasteiger partial charge in [0.05, 0.1) is 11.5 Å². The molecule has 0 aliphatic carbocycles. The van der Waals surface area contributed by atoms with Crippen molar-refractivity contribution < 1.29 is 8.42 Å². The van der Waals surface area contributed by atoms with Gasteiger partial charge >= 0.3 is 0 Å². The Kier molecular flexibility index (Phi) is 5.22. The second-order valence-electron chi connectivity index (χ2n) is 6.05. The largest absolute Gasteiger partial charge is 0.310 e. The number of sulfone groups is 1. The molecular formula is C16H25NO2S.